The van der Waals surface area contributed by atoms with Crippen LogP contribution in [0.25, 0.3) is 0 Å². The monoisotopic (exact) mass is 923 g/mol. The van der Waals surface area contributed by atoms with Gasteiger partial charge >= 0.3 is 17.9 Å². The van der Waals surface area contributed by atoms with Crippen molar-refractivity contribution < 1.29 is 28.6 Å². The molecule has 0 radical (unpaired) electrons. The molecule has 0 N–H and O–H groups in total. The molecule has 0 bridgehead atoms. The van der Waals surface area contributed by atoms with Crippen molar-refractivity contribution >= 4 is 17.9 Å². The van der Waals surface area contributed by atoms with Gasteiger partial charge in [-0.15, -0.1) is 0 Å². The van der Waals surface area contributed by atoms with E-state index in [1.165, 1.54) is 141 Å². The highest BCUT2D eigenvalue weighted by atomic mass is 16.6. The summed E-state index contributed by atoms with van der Waals surface area (Å²) in [4.78, 5) is 38.1. The average Bonchev–Trinajstić information content (AvgIpc) is 3.31. The Morgan fingerprint density at radius 2 is 0.591 bits per heavy atom. The second kappa shape index (κ2) is 54.7. The van der Waals surface area contributed by atoms with Crippen LogP contribution in [-0.4, -0.2) is 37.2 Å². The van der Waals surface area contributed by atoms with Crippen LogP contribution >= 0.6 is 0 Å². The number of esters is 3. The van der Waals surface area contributed by atoms with Gasteiger partial charge in [0.1, 0.15) is 13.2 Å². The number of carbonyl (C=O) groups is 3. The van der Waals surface area contributed by atoms with Crippen molar-refractivity contribution in [1.82, 2.24) is 0 Å². The minimum Gasteiger partial charge on any atom is -0.462 e. The van der Waals surface area contributed by atoms with Crippen LogP contribution < -0.4 is 0 Å². The molecule has 0 rings (SSSR count). The van der Waals surface area contributed by atoms with E-state index in [1.54, 1.807) is 0 Å². The van der Waals surface area contributed by atoms with E-state index in [0.717, 1.165) is 103 Å². The topological polar surface area (TPSA) is 78.9 Å². The van der Waals surface area contributed by atoms with Crippen molar-refractivity contribution in [2.75, 3.05) is 13.2 Å². The molecule has 0 fully saturated rings. The molecule has 6 nitrogen and oxygen atoms in total. The van der Waals surface area contributed by atoms with Crippen molar-refractivity contribution in [2.45, 2.75) is 290 Å². The summed E-state index contributed by atoms with van der Waals surface area (Å²) in [5.41, 5.74) is 0. The van der Waals surface area contributed by atoms with Crippen LogP contribution in [0.3, 0.4) is 0 Å². The third-order valence-corrected chi connectivity index (χ3v) is 12.3. The van der Waals surface area contributed by atoms with Gasteiger partial charge in [0.2, 0.25) is 0 Å². The molecule has 0 spiro atoms. The number of hydrogen-bond acceptors (Lipinski definition) is 6. The Labute approximate surface area is 409 Å². The van der Waals surface area contributed by atoms with Crippen LogP contribution in [0, 0.1) is 0 Å². The first kappa shape index (κ1) is 63.1. The summed E-state index contributed by atoms with van der Waals surface area (Å²) < 4.78 is 16.8. The van der Waals surface area contributed by atoms with Crippen molar-refractivity contribution in [3.05, 3.63) is 60.8 Å². The standard InChI is InChI=1S/C60H106O6/c1-4-7-10-13-16-19-22-25-28-29-30-31-33-35-38-41-44-47-50-53-59(62)65-56-57(55-64-58(61)52-49-46-43-40-37-34-27-24-21-18-15-12-9-6-3)66-60(63)54-51-48-45-42-39-36-32-26-23-20-17-14-11-8-5-2/h8,11,16-17,19-20,25-26,28,32,57H,4-7,9-10,12-15,18,21-24,27,29-31,33-56H2,1-3H3/b11-8+,19-16+,20-17+,28-25+,32-26+/t57-/m1/s1. The van der Waals surface area contributed by atoms with Gasteiger partial charge in [-0.2, -0.15) is 0 Å². The van der Waals surface area contributed by atoms with Crippen molar-refractivity contribution in [1.29, 1.82) is 0 Å². The summed E-state index contributed by atoms with van der Waals surface area (Å²) in [7, 11) is 0. The molecule has 0 aliphatic rings. The van der Waals surface area contributed by atoms with Gasteiger partial charge in [0.25, 0.3) is 0 Å². The first-order chi connectivity index (χ1) is 32.5. The molecule has 0 aromatic heterocycles. The van der Waals surface area contributed by atoms with Crippen LogP contribution in [0.4, 0.5) is 0 Å². The van der Waals surface area contributed by atoms with Crippen LogP contribution in [-0.2, 0) is 28.6 Å². The molecule has 0 saturated heterocycles. The van der Waals surface area contributed by atoms with Crippen LogP contribution in [0.15, 0.2) is 60.8 Å². The Hall–Kier alpha value is -2.89. The molecule has 0 aliphatic carbocycles. The van der Waals surface area contributed by atoms with Gasteiger partial charge in [0.15, 0.2) is 6.10 Å². The van der Waals surface area contributed by atoms with Crippen molar-refractivity contribution in [2.24, 2.45) is 0 Å². The Morgan fingerprint density at radius 3 is 0.955 bits per heavy atom. The SMILES string of the molecule is CC/C=C/C/C=C/C/C=C/CCCCCCCC(=O)O[C@@H](COC(=O)CCCCCCCCCCC/C=C/C/C=C/CCCCC)COC(=O)CCCCCCCCCCCCCCCC. The quantitative estimate of drug-likeness (QED) is 0.0262. The van der Waals surface area contributed by atoms with E-state index in [0.29, 0.717) is 19.3 Å². The number of allylic oxidation sites excluding steroid dienone is 10. The molecule has 6 heteroatoms. The van der Waals surface area contributed by atoms with E-state index in [-0.39, 0.29) is 31.1 Å². The zero-order valence-electron chi connectivity index (χ0n) is 43.7. The number of hydrogen-bond donors (Lipinski definition) is 0. The summed E-state index contributed by atoms with van der Waals surface area (Å²) in [6.45, 7) is 6.51. The zero-order valence-corrected chi connectivity index (χ0v) is 43.7. The van der Waals surface area contributed by atoms with E-state index in [9.17, 15) is 14.4 Å². The molecule has 0 amide bonds. The van der Waals surface area contributed by atoms with Gasteiger partial charge < -0.3 is 14.2 Å². The highest BCUT2D eigenvalue weighted by Gasteiger charge is 2.19. The molecule has 66 heavy (non-hydrogen) atoms. The smallest absolute Gasteiger partial charge is 0.306 e. The first-order valence-electron chi connectivity index (χ1n) is 28.3. The molecule has 0 aliphatic heterocycles. The van der Waals surface area contributed by atoms with Gasteiger partial charge in [0.05, 0.1) is 0 Å². The second-order valence-electron chi connectivity index (χ2n) is 18.8. The molecule has 0 aromatic carbocycles. The third kappa shape index (κ3) is 52.1. The van der Waals surface area contributed by atoms with Gasteiger partial charge in [-0.1, -0.05) is 242 Å². The molecule has 0 heterocycles. The maximum Gasteiger partial charge on any atom is 0.306 e. The average molecular weight is 924 g/mol. The minimum atomic E-state index is -0.783. The number of unbranched alkanes of at least 4 members (excludes halogenated alkanes) is 30. The fourth-order valence-electron chi connectivity index (χ4n) is 8.02. The molecule has 0 saturated carbocycles. The van der Waals surface area contributed by atoms with Crippen LogP contribution in [0.1, 0.15) is 284 Å². The summed E-state index contributed by atoms with van der Waals surface area (Å²) >= 11 is 0. The lowest BCUT2D eigenvalue weighted by molar-refractivity contribution is -0.167. The normalized spacial score (nSPS) is 12.5. The highest BCUT2D eigenvalue weighted by Crippen LogP contribution is 2.16. The first-order valence-corrected chi connectivity index (χ1v) is 28.3. The second-order valence-corrected chi connectivity index (χ2v) is 18.8. The zero-order chi connectivity index (χ0) is 47.9. The largest absolute Gasteiger partial charge is 0.462 e. The third-order valence-electron chi connectivity index (χ3n) is 12.3. The Bertz CT molecular complexity index is 1200. The lowest BCUT2D eigenvalue weighted by atomic mass is 10.0. The van der Waals surface area contributed by atoms with E-state index >= 15 is 0 Å². The molecular weight excluding hydrogens is 817 g/mol. The molecule has 382 valence electrons. The predicted octanol–water partition coefficient (Wildman–Crippen LogP) is 18.8. The van der Waals surface area contributed by atoms with Crippen LogP contribution in [0.5, 0.6) is 0 Å². The van der Waals surface area contributed by atoms with Gasteiger partial charge in [-0.3, -0.25) is 14.4 Å². The van der Waals surface area contributed by atoms with Crippen molar-refractivity contribution in [3.63, 3.8) is 0 Å². The predicted molar refractivity (Wildman–Crippen MR) is 284 cm³/mol. The number of ether oxygens (including phenoxy) is 3. The Balaban J connectivity index is 4.37. The molecule has 0 unspecified atom stereocenters. The maximum atomic E-state index is 12.8. The van der Waals surface area contributed by atoms with E-state index in [4.69, 9.17) is 14.2 Å². The summed E-state index contributed by atoms with van der Waals surface area (Å²) in [6, 6.07) is 0. The van der Waals surface area contributed by atoms with E-state index in [1.807, 2.05) is 0 Å². The van der Waals surface area contributed by atoms with Crippen LogP contribution in [0.2, 0.25) is 0 Å². The van der Waals surface area contributed by atoms with E-state index in [2.05, 4.69) is 81.5 Å². The number of carbonyl (C=O) groups excluding carboxylic acids is 3. The molecule has 1 atom stereocenters. The number of rotatable bonds is 51. The Kier molecular flexibility index (Phi) is 52.3. The minimum absolute atomic E-state index is 0.0801. The van der Waals surface area contributed by atoms with Gasteiger partial charge in [-0.05, 0) is 83.5 Å². The highest BCUT2D eigenvalue weighted by molar-refractivity contribution is 5.71. The van der Waals surface area contributed by atoms with Crippen molar-refractivity contribution in [3.8, 4) is 0 Å². The molecule has 0 aromatic rings. The maximum absolute atomic E-state index is 12.8. The summed E-state index contributed by atoms with van der Waals surface area (Å²) in [6.07, 6.45) is 67.7. The Morgan fingerprint density at radius 1 is 0.318 bits per heavy atom. The fraction of sp³-hybridized carbons (Fsp3) is 0.783. The van der Waals surface area contributed by atoms with E-state index < -0.39 is 6.10 Å². The lowest BCUT2D eigenvalue weighted by Crippen LogP contribution is -2.30. The summed E-state index contributed by atoms with van der Waals surface area (Å²) in [5.74, 6) is -0.891. The molecular formula is C60H106O6. The fourth-order valence-corrected chi connectivity index (χ4v) is 8.02. The lowest BCUT2D eigenvalue weighted by Gasteiger charge is -2.18. The van der Waals surface area contributed by atoms with Gasteiger partial charge in [0, 0.05) is 19.3 Å². The van der Waals surface area contributed by atoms with Gasteiger partial charge in [-0.25, -0.2) is 0 Å². The summed E-state index contributed by atoms with van der Waals surface area (Å²) in [5, 5.41) is 0.